The number of nitrogens with one attached hydrogen (secondary N) is 1. The van der Waals surface area contributed by atoms with Gasteiger partial charge in [0.1, 0.15) is 23.4 Å². The Hall–Kier alpha value is -2.55. The average Bonchev–Trinajstić information content (AvgIpc) is 3.22. The first kappa shape index (κ1) is 19.8. The van der Waals surface area contributed by atoms with Gasteiger partial charge in [0.2, 0.25) is 5.91 Å². The fourth-order valence-electron chi connectivity index (χ4n) is 3.73. The summed E-state index contributed by atoms with van der Waals surface area (Å²) in [6.45, 7) is -1.09. The van der Waals surface area contributed by atoms with Crippen molar-refractivity contribution >= 4 is 22.9 Å². The predicted molar refractivity (Wildman–Crippen MR) is 98.8 cm³/mol. The number of imide groups is 1. The van der Waals surface area contributed by atoms with E-state index in [-0.39, 0.29) is 28.4 Å². The van der Waals surface area contributed by atoms with E-state index in [9.17, 15) is 27.2 Å². The van der Waals surface area contributed by atoms with Gasteiger partial charge in [-0.2, -0.15) is 13.2 Å². The number of benzene rings is 2. The fourth-order valence-corrected chi connectivity index (χ4v) is 4.73. The summed E-state index contributed by atoms with van der Waals surface area (Å²) in [4.78, 5) is 23.4. The van der Waals surface area contributed by atoms with Gasteiger partial charge < -0.3 is 4.74 Å². The van der Waals surface area contributed by atoms with Crippen LogP contribution in [0.15, 0.2) is 36.4 Å². The third kappa shape index (κ3) is 3.83. The number of thioether (sulfide) groups is 1. The topological polar surface area (TPSA) is 55.4 Å². The van der Waals surface area contributed by atoms with Gasteiger partial charge >= 0.3 is 6.18 Å². The zero-order valence-corrected chi connectivity index (χ0v) is 15.7. The Labute approximate surface area is 167 Å². The molecule has 1 saturated heterocycles. The van der Waals surface area contributed by atoms with E-state index in [1.54, 1.807) is 18.2 Å². The maximum Gasteiger partial charge on any atom is 0.416 e. The normalized spacial score (nSPS) is 21.2. The highest BCUT2D eigenvalue weighted by Gasteiger charge is 2.41. The molecule has 2 amide bonds. The van der Waals surface area contributed by atoms with E-state index in [4.69, 9.17) is 4.74 Å². The van der Waals surface area contributed by atoms with Crippen molar-refractivity contribution in [2.24, 2.45) is 0 Å². The first-order valence-corrected chi connectivity index (χ1v) is 9.72. The highest BCUT2D eigenvalue weighted by Crippen LogP contribution is 2.44. The summed E-state index contributed by atoms with van der Waals surface area (Å²) in [5.41, 5.74) is 0.763. The molecule has 0 radical (unpaired) electrons. The number of amides is 2. The second-order valence-corrected chi connectivity index (χ2v) is 7.99. The van der Waals surface area contributed by atoms with Crippen LogP contribution in [0, 0.1) is 0 Å². The lowest BCUT2D eigenvalue weighted by Gasteiger charge is -2.16. The smallest absolute Gasteiger partial charge is 0.416 e. The Morgan fingerprint density at radius 3 is 2.59 bits per heavy atom. The molecule has 1 aliphatic heterocycles. The molecule has 2 atom stereocenters. The van der Waals surface area contributed by atoms with Gasteiger partial charge in [0, 0.05) is 11.5 Å². The van der Waals surface area contributed by atoms with E-state index in [0.29, 0.717) is 18.6 Å². The SMILES string of the molecule is O=C1NC(=O)C([C@@H]2CCc3cc(Oc4ccc(C(F)(F)F)cc4CF)ccc32)S1. The van der Waals surface area contributed by atoms with Crippen LogP contribution in [0.3, 0.4) is 0 Å². The van der Waals surface area contributed by atoms with Crippen LogP contribution >= 0.6 is 11.8 Å². The number of alkyl halides is 4. The third-order valence-electron chi connectivity index (χ3n) is 5.08. The van der Waals surface area contributed by atoms with Crippen molar-refractivity contribution in [3.8, 4) is 11.5 Å². The predicted octanol–water partition coefficient (Wildman–Crippen LogP) is 5.35. The lowest BCUT2D eigenvalue weighted by Crippen LogP contribution is -2.27. The van der Waals surface area contributed by atoms with Crippen LogP contribution in [0.1, 0.15) is 34.6 Å². The minimum absolute atomic E-state index is 0.0197. The largest absolute Gasteiger partial charge is 0.457 e. The maximum atomic E-state index is 13.3. The van der Waals surface area contributed by atoms with Gasteiger partial charge in [0.25, 0.3) is 5.24 Å². The molecule has 9 heteroatoms. The van der Waals surface area contributed by atoms with Gasteiger partial charge in [0.05, 0.1) is 5.56 Å². The van der Waals surface area contributed by atoms with E-state index >= 15 is 0 Å². The molecule has 0 aromatic heterocycles. The number of carbonyl (C=O) groups excluding carboxylic acids is 2. The number of aryl methyl sites for hydroxylation is 1. The molecule has 2 aromatic carbocycles. The van der Waals surface area contributed by atoms with Crippen LogP contribution in [0.2, 0.25) is 0 Å². The van der Waals surface area contributed by atoms with Crippen molar-refractivity contribution in [1.82, 2.24) is 5.32 Å². The van der Waals surface area contributed by atoms with Crippen LogP contribution < -0.4 is 10.1 Å². The van der Waals surface area contributed by atoms with Crippen molar-refractivity contribution in [3.63, 3.8) is 0 Å². The molecular weight excluding hydrogens is 410 g/mol. The summed E-state index contributed by atoms with van der Waals surface area (Å²) in [7, 11) is 0. The van der Waals surface area contributed by atoms with Crippen molar-refractivity contribution in [1.29, 1.82) is 0 Å². The fraction of sp³-hybridized carbons (Fsp3) is 0.300. The maximum absolute atomic E-state index is 13.3. The van der Waals surface area contributed by atoms with Gasteiger partial charge in [-0.15, -0.1) is 0 Å². The molecule has 2 aromatic rings. The molecule has 4 rings (SSSR count). The summed E-state index contributed by atoms with van der Waals surface area (Å²) < 4.78 is 57.3. The van der Waals surface area contributed by atoms with Crippen LogP contribution in [0.4, 0.5) is 22.4 Å². The zero-order chi connectivity index (χ0) is 20.8. The van der Waals surface area contributed by atoms with Crippen molar-refractivity contribution in [2.45, 2.75) is 36.9 Å². The van der Waals surface area contributed by atoms with Gasteiger partial charge in [-0.3, -0.25) is 14.9 Å². The van der Waals surface area contributed by atoms with E-state index in [1.807, 2.05) is 0 Å². The van der Waals surface area contributed by atoms with E-state index in [1.165, 1.54) is 0 Å². The molecule has 1 heterocycles. The Balaban J connectivity index is 1.56. The molecule has 1 unspecified atom stereocenters. The molecule has 2 aliphatic rings. The molecule has 152 valence electrons. The number of rotatable bonds is 4. The standard InChI is InChI=1S/C20H15F4NO3S/c21-9-11-7-12(20(22,23)24)2-6-16(11)28-13-3-5-14-10(8-13)1-4-15(14)17-18(26)25-19(27)29-17/h2-3,5-8,15,17H,1,4,9H2,(H,25,26,27)/t15-,17?/m1/s1. The quantitative estimate of drug-likeness (QED) is 0.671. The molecule has 0 spiro atoms. The Kier molecular flexibility index (Phi) is 5.02. The van der Waals surface area contributed by atoms with Crippen molar-refractivity contribution < 1.29 is 31.9 Å². The molecule has 0 bridgehead atoms. The number of fused-ring (bicyclic) bond motifs is 1. The van der Waals surface area contributed by atoms with Gasteiger partial charge in [0.15, 0.2) is 0 Å². The van der Waals surface area contributed by atoms with Crippen LogP contribution in [-0.4, -0.2) is 16.4 Å². The number of hydrogen-bond donors (Lipinski definition) is 1. The molecule has 0 saturated carbocycles. The lowest BCUT2D eigenvalue weighted by atomic mass is 9.97. The zero-order valence-electron chi connectivity index (χ0n) is 14.9. The molecule has 1 fully saturated rings. The summed E-state index contributed by atoms with van der Waals surface area (Å²) in [5.74, 6) is 0.00303. The van der Waals surface area contributed by atoms with Crippen LogP contribution in [0.25, 0.3) is 0 Å². The van der Waals surface area contributed by atoms with Gasteiger partial charge in [-0.1, -0.05) is 17.8 Å². The highest BCUT2D eigenvalue weighted by atomic mass is 32.2. The number of carbonyl (C=O) groups is 2. The first-order valence-electron chi connectivity index (χ1n) is 8.84. The average molecular weight is 425 g/mol. The molecule has 29 heavy (non-hydrogen) atoms. The Bertz CT molecular complexity index is 992. The van der Waals surface area contributed by atoms with E-state index < -0.39 is 23.7 Å². The third-order valence-corrected chi connectivity index (χ3v) is 6.19. The van der Waals surface area contributed by atoms with Gasteiger partial charge in [-0.25, -0.2) is 4.39 Å². The molecule has 4 nitrogen and oxygen atoms in total. The van der Waals surface area contributed by atoms with Crippen LogP contribution in [-0.2, 0) is 24.1 Å². The van der Waals surface area contributed by atoms with Crippen molar-refractivity contribution in [3.05, 3.63) is 58.7 Å². The van der Waals surface area contributed by atoms with E-state index in [0.717, 1.165) is 41.1 Å². The number of hydrogen-bond acceptors (Lipinski definition) is 4. The first-order chi connectivity index (χ1) is 13.8. The number of ether oxygens (including phenoxy) is 1. The Morgan fingerprint density at radius 2 is 1.93 bits per heavy atom. The molecule has 1 aliphatic carbocycles. The summed E-state index contributed by atoms with van der Waals surface area (Å²) >= 11 is 0.985. The van der Waals surface area contributed by atoms with Crippen molar-refractivity contribution in [2.75, 3.05) is 0 Å². The monoisotopic (exact) mass is 425 g/mol. The van der Waals surface area contributed by atoms with Crippen LogP contribution in [0.5, 0.6) is 11.5 Å². The number of halogens is 4. The second-order valence-electron chi connectivity index (χ2n) is 6.88. The minimum atomic E-state index is -4.56. The van der Waals surface area contributed by atoms with E-state index in [2.05, 4.69) is 5.32 Å². The summed E-state index contributed by atoms with van der Waals surface area (Å²) in [6.07, 6.45) is -3.18. The highest BCUT2D eigenvalue weighted by molar-refractivity contribution is 8.15. The molecular formula is C20H15F4NO3S. The second kappa shape index (κ2) is 7.37. The minimum Gasteiger partial charge on any atom is -0.457 e. The van der Waals surface area contributed by atoms with Gasteiger partial charge in [-0.05, 0) is 54.3 Å². The Morgan fingerprint density at radius 1 is 1.14 bits per heavy atom. The summed E-state index contributed by atoms with van der Waals surface area (Å²) in [5, 5.41) is 1.47. The molecule has 1 N–H and O–H groups in total. The summed E-state index contributed by atoms with van der Waals surface area (Å²) in [6, 6.07) is 7.87. The lowest BCUT2D eigenvalue weighted by molar-refractivity contribution is -0.137.